The molecule has 0 heterocycles. The molecular formula is C18H16ClN3O6. The van der Waals surface area contributed by atoms with Gasteiger partial charge in [-0.25, -0.2) is 0 Å². The molecule has 146 valence electrons. The number of nitrogens with one attached hydrogen (secondary N) is 2. The summed E-state index contributed by atoms with van der Waals surface area (Å²) in [6, 6.07) is 11.6. The highest BCUT2D eigenvalue weighted by atomic mass is 35.5. The van der Waals surface area contributed by atoms with Crippen LogP contribution in [0.4, 0.5) is 11.4 Å². The molecule has 10 heteroatoms. The van der Waals surface area contributed by atoms with E-state index in [0.717, 1.165) is 0 Å². The van der Waals surface area contributed by atoms with Gasteiger partial charge in [0, 0.05) is 16.7 Å². The Morgan fingerprint density at radius 2 is 1.79 bits per heavy atom. The lowest BCUT2D eigenvalue weighted by Crippen LogP contribution is -2.35. The molecule has 0 unspecified atom stereocenters. The number of nitrogens with zero attached hydrogens (tertiary/aromatic N) is 1. The minimum atomic E-state index is -1.22. The van der Waals surface area contributed by atoms with Crippen LogP contribution in [0.15, 0.2) is 48.5 Å². The fraction of sp³-hybridized carbons (Fsp3) is 0.167. The molecule has 0 aromatic heterocycles. The molecule has 2 rings (SSSR count). The monoisotopic (exact) mass is 405 g/mol. The summed E-state index contributed by atoms with van der Waals surface area (Å²) in [7, 11) is 0. The zero-order valence-electron chi connectivity index (χ0n) is 14.7. The number of halogens is 1. The predicted molar refractivity (Wildman–Crippen MR) is 101 cm³/mol. The fourth-order valence-electron chi connectivity index (χ4n) is 2.12. The van der Waals surface area contributed by atoms with E-state index in [9.17, 15) is 24.5 Å². The molecule has 0 spiro atoms. The van der Waals surface area contributed by atoms with Crippen LogP contribution < -0.4 is 10.6 Å². The highest BCUT2D eigenvalue weighted by Crippen LogP contribution is 2.23. The zero-order valence-corrected chi connectivity index (χ0v) is 15.4. The molecule has 2 aromatic rings. The number of esters is 1. The number of para-hydroxylation sites is 2. The lowest BCUT2D eigenvalue weighted by molar-refractivity contribution is -0.383. The third kappa shape index (κ3) is 5.78. The Hall–Kier alpha value is -3.46. The van der Waals surface area contributed by atoms with Gasteiger partial charge in [0.15, 0.2) is 6.10 Å². The summed E-state index contributed by atoms with van der Waals surface area (Å²) in [5.41, 5.74) is 0.000392. The van der Waals surface area contributed by atoms with Gasteiger partial charge in [-0.15, -0.1) is 0 Å². The van der Waals surface area contributed by atoms with Crippen molar-refractivity contribution in [2.24, 2.45) is 0 Å². The summed E-state index contributed by atoms with van der Waals surface area (Å²) < 4.78 is 4.93. The SMILES string of the molecule is C[C@H](OC(=O)CNC(=O)c1ccc(Cl)cc1)C(=O)Nc1ccccc1[N+](=O)[O-]. The topological polar surface area (TPSA) is 128 Å². The first-order chi connectivity index (χ1) is 13.3. The fourth-order valence-corrected chi connectivity index (χ4v) is 2.25. The van der Waals surface area contributed by atoms with Gasteiger partial charge >= 0.3 is 5.97 Å². The molecular weight excluding hydrogens is 390 g/mol. The largest absolute Gasteiger partial charge is 0.451 e. The minimum Gasteiger partial charge on any atom is -0.451 e. The van der Waals surface area contributed by atoms with Crippen molar-refractivity contribution in [2.75, 3.05) is 11.9 Å². The van der Waals surface area contributed by atoms with E-state index in [-0.39, 0.29) is 11.4 Å². The number of nitro groups is 1. The minimum absolute atomic E-state index is 0.0172. The Bertz CT molecular complexity index is 900. The van der Waals surface area contributed by atoms with Crippen molar-refractivity contribution in [1.82, 2.24) is 5.32 Å². The van der Waals surface area contributed by atoms with Crippen LogP contribution in [-0.4, -0.2) is 35.4 Å². The van der Waals surface area contributed by atoms with Crippen molar-refractivity contribution in [3.63, 3.8) is 0 Å². The standard InChI is InChI=1S/C18H16ClN3O6/c1-11(17(24)21-14-4-2-3-5-15(14)22(26)27)28-16(23)10-20-18(25)12-6-8-13(19)9-7-12/h2-9,11H,10H2,1H3,(H,20,25)(H,21,24)/t11-/m0/s1. The first kappa shape index (κ1) is 20.8. The number of carbonyl (C=O) groups is 3. The first-order valence-corrected chi connectivity index (χ1v) is 8.43. The zero-order chi connectivity index (χ0) is 20.7. The molecule has 2 aromatic carbocycles. The van der Waals surface area contributed by atoms with Crippen molar-refractivity contribution in [1.29, 1.82) is 0 Å². The van der Waals surface area contributed by atoms with Crippen LogP contribution in [0.2, 0.25) is 5.02 Å². The quantitative estimate of drug-likeness (QED) is 0.414. The summed E-state index contributed by atoms with van der Waals surface area (Å²) >= 11 is 5.73. The van der Waals surface area contributed by atoms with Gasteiger partial charge in [0.1, 0.15) is 12.2 Å². The van der Waals surface area contributed by atoms with Gasteiger partial charge in [-0.3, -0.25) is 24.5 Å². The van der Waals surface area contributed by atoms with E-state index in [2.05, 4.69) is 10.6 Å². The third-order valence-electron chi connectivity index (χ3n) is 3.54. The van der Waals surface area contributed by atoms with Crippen molar-refractivity contribution in [2.45, 2.75) is 13.0 Å². The molecule has 0 aliphatic rings. The van der Waals surface area contributed by atoms with Crippen molar-refractivity contribution < 1.29 is 24.0 Å². The van der Waals surface area contributed by atoms with E-state index < -0.39 is 35.4 Å². The Kier molecular flexibility index (Phi) is 7.05. The second kappa shape index (κ2) is 9.47. The Morgan fingerprint density at radius 3 is 2.43 bits per heavy atom. The second-order valence-electron chi connectivity index (χ2n) is 5.59. The van der Waals surface area contributed by atoms with E-state index in [4.69, 9.17) is 16.3 Å². The number of benzene rings is 2. The molecule has 0 bridgehead atoms. The molecule has 1 atom stereocenters. The van der Waals surface area contributed by atoms with E-state index in [1.165, 1.54) is 55.5 Å². The maximum atomic E-state index is 12.1. The molecule has 0 saturated heterocycles. The number of amides is 2. The van der Waals surface area contributed by atoms with Gasteiger partial charge in [-0.2, -0.15) is 0 Å². The second-order valence-corrected chi connectivity index (χ2v) is 6.02. The van der Waals surface area contributed by atoms with E-state index in [1.807, 2.05) is 0 Å². The van der Waals surface area contributed by atoms with E-state index >= 15 is 0 Å². The summed E-state index contributed by atoms with van der Waals surface area (Å²) in [6.45, 7) is 0.855. The van der Waals surface area contributed by atoms with Crippen LogP contribution in [0.25, 0.3) is 0 Å². The summed E-state index contributed by atoms with van der Waals surface area (Å²) in [4.78, 5) is 46.2. The molecule has 0 aliphatic carbocycles. The first-order valence-electron chi connectivity index (χ1n) is 8.05. The van der Waals surface area contributed by atoms with Gasteiger partial charge in [0.05, 0.1) is 4.92 Å². The Morgan fingerprint density at radius 1 is 1.14 bits per heavy atom. The van der Waals surface area contributed by atoms with Crippen LogP contribution >= 0.6 is 11.6 Å². The van der Waals surface area contributed by atoms with Crippen LogP contribution in [-0.2, 0) is 14.3 Å². The molecule has 0 fully saturated rings. The summed E-state index contributed by atoms with van der Waals surface area (Å²) in [5, 5.41) is 16.1. The maximum absolute atomic E-state index is 12.1. The number of nitro benzene ring substituents is 1. The van der Waals surface area contributed by atoms with Crippen molar-refractivity contribution in [3.8, 4) is 0 Å². The number of anilines is 1. The number of hydrogen-bond acceptors (Lipinski definition) is 6. The van der Waals surface area contributed by atoms with Gasteiger partial charge in [0.25, 0.3) is 17.5 Å². The van der Waals surface area contributed by atoms with Gasteiger partial charge in [0.2, 0.25) is 0 Å². The number of hydrogen-bond donors (Lipinski definition) is 2. The molecule has 0 saturated carbocycles. The molecule has 0 radical (unpaired) electrons. The highest BCUT2D eigenvalue weighted by molar-refractivity contribution is 6.30. The molecule has 2 amide bonds. The maximum Gasteiger partial charge on any atom is 0.326 e. The normalized spacial score (nSPS) is 11.2. The molecule has 0 aliphatic heterocycles. The van der Waals surface area contributed by atoms with E-state index in [0.29, 0.717) is 10.6 Å². The Labute approximate surface area is 164 Å². The van der Waals surface area contributed by atoms with E-state index in [1.54, 1.807) is 0 Å². The van der Waals surface area contributed by atoms with Crippen molar-refractivity contribution >= 4 is 40.8 Å². The van der Waals surface area contributed by atoms with Crippen LogP contribution in [0.5, 0.6) is 0 Å². The van der Waals surface area contributed by atoms with Crippen molar-refractivity contribution in [3.05, 3.63) is 69.2 Å². The average Bonchev–Trinajstić information content (AvgIpc) is 2.66. The van der Waals surface area contributed by atoms with Crippen LogP contribution in [0.3, 0.4) is 0 Å². The number of ether oxygens (including phenoxy) is 1. The molecule has 9 nitrogen and oxygen atoms in total. The van der Waals surface area contributed by atoms with Gasteiger partial charge in [-0.1, -0.05) is 23.7 Å². The number of carbonyl (C=O) groups excluding carboxylic acids is 3. The summed E-state index contributed by atoms with van der Waals surface area (Å²) in [6.07, 6.45) is -1.22. The predicted octanol–water partition coefficient (Wildman–Crippen LogP) is 2.55. The summed E-state index contributed by atoms with van der Waals surface area (Å²) in [5.74, 6) is -2.09. The van der Waals surface area contributed by atoms with Crippen LogP contribution in [0, 0.1) is 10.1 Å². The number of rotatable bonds is 7. The lowest BCUT2D eigenvalue weighted by atomic mass is 10.2. The molecule has 28 heavy (non-hydrogen) atoms. The third-order valence-corrected chi connectivity index (χ3v) is 3.79. The van der Waals surface area contributed by atoms with Gasteiger partial charge in [-0.05, 0) is 37.3 Å². The smallest absolute Gasteiger partial charge is 0.326 e. The highest BCUT2D eigenvalue weighted by Gasteiger charge is 2.21. The molecule has 2 N–H and O–H groups in total. The lowest BCUT2D eigenvalue weighted by Gasteiger charge is -2.14. The average molecular weight is 406 g/mol. The Balaban J connectivity index is 1.86. The van der Waals surface area contributed by atoms with Gasteiger partial charge < -0.3 is 15.4 Å². The van der Waals surface area contributed by atoms with Crippen LogP contribution in [0.1, 0.15) is 17.3 Å².